The summed E-state index contributed by atoms with van der Waals surface area (Å²) >= 11 is 2.19. The van der Waals surface area contributed by atoms with Crippen LogP contribution in [-0.2, 0) is 14.6 Å². The number of hydrogen-bond acceptors (Lipinski definition) is 4. The standard InChI is InChI=1S/C12H15IN2O3S/c13-9-1-3-10(4-2-9)15-12(16)7-11-8-19(17,18)6-5-14-11/h1-4,11,14H,5-8H2,(H,15,16). The molecule has 2 rings (SSSR count). The summed E-state index contributed by atoms with van der Waals surface area (Å²) in [6, 6.07) is 7.16. The number of halogens is 1. The zero-order valence-corrected chi connectivity index (χ0v) is 13.2. The lowest BCUT2D eigenvalue weighted by atomic mass is 10.2. The fraction of sp³-hybridized carbons (Fsp3) is 0.417. The average molecular weight is 394 g/mol. The van der Waals surface area contributed by atoms with E-state index in [1.807, 2.05) is 24.3 Å². The second-order valence-corrected chi connectivity index (χ2v) is 8.00. The molecule has 0 aromatic heterocycles. The summed E-state index contributed by atoms with van der Waals surface area (Å²) in [6.45, 7) is 0.420. The van der Waals surface area contributed by atoms with Gasteiger partial charge in [-0.15, -0.1) is 0 Å². The molecule has 1 aliphatic heterocycles. The third-order valence-corrected chi connectivity index (χ3v) is 5.32. The number of sulfone groups is 1. The first-order valence-electron chi connectivity index (χ1n) is 5.94. The van der Waals surface area contributed by atoms with Gasteiger partial charge in [-0.2, -0.15) is 0 Å². The van der Waals surface area contributed by atoms with Gasteiger partial charge < -0.3 is 10.6 Å². The Hall–Kier alpha value is -0.670. The Labute approximate surface area is 126 Å². The lowest BCUT2D eigenvalue weighted by molar-refractivity contribution is -0.116. The topological polar surface area (TPSA) is 75.3 Å². The summed E-state index contributed by atoms with van der Waals surface area (Å²) in [5, 5.41) is 5.83. The van der Waals surface area contributed by atoms with Crippen molar-refractivity contribution < 1.29 is 13.2 Å². The SMILES string of the molecule is O=C(CC1CS(=O)(=O)CCN1)Nc1ccc(I)cc1. The quantitative estimate of drug-likeness (QED) is 0.751. The highest BCUT2D eigenvalue weighted by molar-refractivity contribution is 14.1. The molecule has 7 heteroatoms. The van der Waals surface area contributed by atoms with E-state index in [0.29, 0.717) is 6.54 Å². The van der Waals surface area contributed by atoms with Crippen LogP contribution in [0.25, 0.3) is 0 Å². The minimum Gasteiger partial charge on any atom is -0.326 e. The highest BCUT2D eigenvalue weighted by Gasteiger charge is 2.25. The lowest BCUT2D eigenvalue weighted by Crippen LogP contribution is -2.46. The van der Waals surface area contributed by atoms with Gasteiger partial charge in [0.1, 0.15) is 0 Å². The molecule has 0 aliphatic carbocycles. The maximum Gasteiger partial charge on any atom is 0.225 e. The summed E-state index contributed by atoms with van der Waals surface area (Å²) in [7, 11) is -3.00. The lowest BCUT2D eigenvalue weighted by Gasteiger charge is -2.23. The highest BCUT2D eigenvalue weighted by atomic mass is 127. The van der Waals surface area contributed by atoms with E-state index in [2.05, 4.69) is 33.2 Å². The predicted octanol–water partition coefficient (Wildman–Crippen LogP) is 1.01. The highest BCUT2D eigenvalue weighted by Crippen LogP contribution is 2.12. The van der Waals surface area contributed by atoms with Crippen LogP contribution in [0.5, 0.6) is 0 Å². The first-order chi connectivity index (χ1) is 8.94. The van der Waals surface area contributed by atoms with E-state index in [1.165, 1.54) is 0 Å². The molecule has 1 aromatic rings. The molecule has 1 amide bonds. The molecule has 104 valence electrons. The van der Waals surface area contributed by atoms with Gasteiger partial charge in [0, 0.05) is 28.3 Å². The maximum absolute atomic E-state index is 11.8. The Morgan fingerprint density at radius 2 is 2.05 bits per heavy atom. The van der Waals surface area contributed by atoms with Crippen molar-refractivity contribution in [3.05, 3.63) is 27.8 Å². The zero-order chi connectivity index (χ0) is 13.9. The Morgan fingerprint density at radius 1 is 1.37 bits per heavy atom. The molecule has 2 N–H and O–H groups in total. The van der Waals surface area contributed by atoms with Gasteiger partial charge in [0.25, 0.3) is 0 Å². The second kappa shape index (κ2) is 6.19. The smallest absolute Gasteiger partial charge is 0.225 e. The molecule has 5 nitrogen and oxygen atoms in total. The van der Waals surface area contributed by atoms with E-state index in [0.717, 1.165) is 9.26 Å². The van der Waals surface area contributed by atoms with E-state index in [4.69, 9.17) is 0 Å². The normalized spacial score (nSPS) is 21.8. The molecule has 0 saturated carbocycles. The molecule has 1 heterocycles. The number of rotatable bonds is 3. The van der Waals surface area contributed by atoms with Crippen LogP contribution in [0.4, 0.5) is 5.69 Å². The molecule has 19 heavy (non-hydrogen) atoms. The molecule has 1 aromatic carbocycles. The van der Waals surface area contributed by atoms with Crippen molar-refractivity contribution >= 4 is 44.0 Å². The predicted molar refractivity (Wildman–Crippen MR) is 82.9 cm³/mol. The molecule has 1 atom stereocenters. The number of nitrogens with one attached hydrogen (secondary N) is 2. The third-order valence-electron chi connectivity index (χ3n) is 2.86. The van der Waals surface area contributed by atoms with E-state index in [1.54, 1.807) is 0 Å². The molecule has 0 spiro atoms. The monoisotopic (exact) mass is 394 g/mol. The molecular formula is C12H15IN2O3S. The van der Waals surface area contributed by atoms with Crippen molar-refractivity contribution in [1.29, 1.82) is 0 Å². The maximum atomic E-state index is 11.8. The van der Waals surface area contributed by atoms with Crippen LogP contribution < -0.4 is 10.6 Å². The number of anilines is 1. The van der Waals surface area contributed by atoms with Crippen LogP contribution >= 0.6 is 22.6 Å². The first kappa shape index (κ1) is 14.7. The van der Waals surface area contributed by atoms with Crippen LogP contribution in [0.1, 0.15) is 6.42 Å². The first-order valence-corrected chi connectivity index (χ1v) is 8.84. The van der Waals surface area contributed by atoms with Gasteiger partial charge in [0.2, 0.25) is 5.91 Å². The second-order valence-electron chi connectivity index (χ2n) is 4.52. The van der Waals surface area contributed by atoms with E-state index >= 15 is 0 Å². The Morgan fingerprint density at radius 3 is 2.68 bits per heavy atom. The number of carbonyl (C=O) groups excluding carboxylic acids is 1. The van der Waals surface area contributed by atoms with Gasteiger partial charge in [-0.3, -0.25) is 4.79 Å². The Balaban J connectivity index is 1.89. The van der Waals surface area contributed by atoms with Crippen molar-refractivity contribution in [3.63, 3.8) is 0 Å². The zero-order valence-electron chi connectivity index (χ0n) is 10.2. The number of carbonyl (C=O) groups is 1. The van der Waals surface area contributed by atoms with Gasteiger partial charge in [-0.25, -0.2) is 8.42 Å². The Kier molecular flexibility index (Phi) is 4.80. The van der Waals surface area contributed by atoms with Crippen LogP contribution in [0, 0.1) is 3.57 Å². The molecule has 1 saturated heterocycles. The van der Waals surface area contributed by atoms with Crippen LogP contribution in [-0.4, -0.2) is 38.4 Å². The molecule has 1 fully saturated rings. The largest absolute Gasteiger partial charge is 0.326 e. The van der Waals surface area contributed by atoms with Gasteiger partial charge in [-0.1, -0.05) is 0 Å². The summed E-state index contributed by atoms with van der Waals surface area (Å²) in [4.78, 5) is 11.8. The van der Waals surface area contributed by atoms with E-state index in [-0.39, 0.29) is 29.9 Å². The molecule has 1 aliphatic rings. The number of amides is 1. The minimum atomic E-state index is -3.00. The number of benzene rings is 1. The fourth-order valence-corrected chi connectivity index (χ4v) is 3.77. The van der Waals surface area contributed by atoms with Crippen LogP contribution in [0.3, 0.4) is 0 Å². The Bertz CT molecular complexity index is 557. The van der Waals surface area contributed by atoms with E-state index < -0.39 is 9.84 Å². The summed E-state index contributed by atoms with van der Waals surface area (Å²) < 4.78 is 24.0. The van der Waals surface area contributed by atoms with E-state index in [9.17, 15) is 13.2 Å². The van der Waals surface area contributed by atoms with Crippen molar-refractivity contribution in [3.8, 4) is 0 Å². The molecular weight excluding hydrogens is 379 g/mol. The molecule has 1 unspecified atom stereocenters. The van der Waals surface area contributed by atoms with Gasteiger partial charge >= 0.3 is 0 Å². The van der Waals surface area contributed by atoms with Gasteiger partial charge in [0.05, 0.1) is 11.5 Å². The minimum absolute atomic E-state index is 0.0348. The summed E-state index contributed by atoms with van der Waals surface area (Å²) in [5.41, 5.74) is 0.726. The van der Waals surface area contributed by atoms with Crippen molar-refractivity contribution in [1.82, 2.24) is 5.32 Å². The molecule has 0 radical (unpaired) electrons. The third kappa shape index (κ3) is 4.73. The van der Waals surface area contributed by atoms with Crippen molar-refractivity contribution in [2.24, 2.45) is 0 Å². The van der Waals surface area contributed by atoms with Crippen molar-refractivity contribution in [2.45, 2.75) is 12.5 Å². The van der Waals surface area contributed by atoms with Crippen LogP contribution in [0.2, 0.25) is 0 Å². The van der Waals surface area contributed by atoms with Crippen molar-refractivity contribution in [2.75, 3.05) is 23.4 Å². The fourth-order valence-electron chi connectivity index (χ4n) is 1.97. The summed E-state index contributed by atoms with van der Waals surface area (Å²) in [6.07, 6.45) is 0.172. The van der Waals surface area contributed by atoms with Gasteiger partial charge in [0.15, 0.2) is 9.84 Å². The molecule has 0 bridgehead atoms. The van der Waals surface area contributed by atoms with Crippen LogP contribution in [0.15, 0.2) is 24.3 Å². The summed E-state index contributed by atoms with van der Waals surface area (Å²) in [5.74, 6) is 0.0193. The van der Waals surface area contributed by atoms with Gasteiger partial charge in [-0.05, 0) is 46.9 Å². The average Bonchev–Trinajstić information content (AvgIpc) is 2.30. The number of hydrogen-bond donors (Lipinski definition) is 2.